The Morgan fingerprint density at radius 3 is 1.76 bits per heavy atom. The number of aliphatic hydroxyl groups is 5. The Hall–Kier alpha value is -3.68. The van der Waals surface area contributed by atoms with Gasteiger partial charge in [-0.15, -0.1) is 0 Å². The van der Waals surface area contributed by atoms with Crippen LogP contribution in [0.25, 0.3) is 0 Å². The number of amides is 1. The predicted molar refractivity (Wildman–Crippen MR) is 273 cm³/mol. The molecule has 0 saturated carbocycles. The molecular weight excluding hydrogens is 847 g/mol. The van der Waals surface area contributed by atoms with Crippen molar-refractivity contribution in [1.82, 2.24) is 5.32 Å². The monoisotopic (exact) mass is 938 g/mol. The number of hydrogen-bond donors (Lipinski definition) is 6. The number of carbonyl (C=O) groups excluding carboxylic acids is 2. The predicted octanol–water partition coefficient (Wildman–Crippen LogP) is 10.6. The first-order valence-corrected chi connectivity index (χ1v) is 25.7. The van der Waals surface area contributed by atoms with Crippen molar-refractivity contribution >= 4 is 11.9 Å². The molecule has 1 fully saturated rings. The lowest BCUT2D eigenvalue weighted by molar-refractivity contribution is -0.305. The average Bonchev–Trinajstić information content (AvgIpc) is 3.32. The van der Waals surface area contributed by atoms with Crippen molar-refractivity contribution < 1.29 is 49.3 Å². The lowest BCUT2D eigenvalue weighted by Gasteiger charge is -2.41. The molecule has 1 aliphatic heterocycles. The van der Waals surface area contributed by atoms with Gasteiger partial charge in [0.15, 0.2) is 12.4 Å². The highest BCUT2D eigenvalue weighted by Crippen LogP contribution is 2.26. The summed E-state index contributed by atoms with van der Waals surface area (Å²) in [5, 5.41) is 56.4. The maximum Gasteiger partial charge on any atom is 0.306 e. The van der Waals surface area contributed by atoms with Crippen LogP contribution in [0.5, 0.6) is 0 Å². The van der Waals surface area contributed by atoms with Crippen molar-refractivity contribution in [1.29, 1.82) is 0 Å². The number of hydrogen-bond acceptors (Lipinski definition) is 10. The summed E-state index contributed by atoms with van der Waals surface area (Å²) in [6.07, 6.45) is 47.3. The van der Waals surface area contributed by atoms with E-state index in [1.54, 1.807) is 6.08 Å². The maximum absolute atomic E-state index is 13.3. The van der Waals surface area contributed by atoms with E-state index in [2.05, 4.69) is 68.6 Å². The third kappa shape index (κ3) is 32.7. The lowest BCUT2D eigenvalue weighted by Crippen LogP contribution is -2.61. The van der Waals surface area contributed by atoms with Gasteiger partial charge in [-0.3, -0.25) is 9.59 Å². The lowest BCUT2D eigenvalue weighted by atomic mass is 9.99. The topological polar surface area (TPSA) is 175 Å². The van der Waals surface area contributed by atoms with E-state index in [9.17, 15) is 35.1 Å². The molecule has 8 atom stereocenters. The van der Waals surface area contributed by atoms with Gasteiger partial charge in [-0.2, -0.15) is 0 Å². The van der Waals surface area contributed by atoms with Gasteiger partial charge in [0.05, 0.1) is 25.4 Å². The largest absolute Gasteiger partial charge is 0.454 e. The molecule has 0 aliphatic carbocycles. The van der Waals surface area contributed by atoms with Gasteiger partial charge in [-0.05, 0) is 70.6 Å². The van der Waals surface area contributed by atoms with Crippen LogP contribution in [0, 0.1) is 0 Å². The first-order valence-electron chi connectivity index (χ1n) is 25.7. The summed E-state index contributed by atoms with van der Waals surface area (Å²) in [5.74, 6) is -1.31. The van der Waals surface area contributed by atoms with Crippen LogP contribution in [0.1, 0.15) is 168 Å². The Kier molecular flexibility index (Phi) is 39.9. The summed E-state index contributed by atoms with van der Waals surface area (Å²) in [6.45, 7) is 5.41. The van der Waals surface area contributed by atoms with E-state index >= 15 is 0 Å². The summed E-state index contributed by atoms with van der Waals surface area (Å²) < 4.78 is 17.4. The van der Waals surface area contributed by atoms with Crippen molar-refractivity contribution in [2.24, 2.45) is 0 Å². The summed E-state index contributed by atoms with van der Waals surface area (Å²) in [5.41, 5.74) is 0. The molecule has 0 aromatic rings. The molecule has 1 amide bonds. The van der Waals surface area contributed by atoms with Crippen LogP contribution in [0.4, 0.5) is 0 Å². The summed E-state index contributed by atoms with van der Waals surface area (Å²) >= 11 is 0. The molecule has 67 heavy (non-hydrogen) atoms. The van der Waals surface area contributed by atoms with Crippen molar-refractivity contribution in [2.45, 2.75) is 217 Å². The fraction of sp³-hybridized carbons (Fsp3) is 0.643. The van der Waals surface area contributed by atoms with E-state index in [4.69, 9.17) is 14.2 Å². The first-order chi connectivity index (χ1) is 32.7. The van der Waals surface area contributed by atoms with Crippen LogP contribution in [0.3, 0.4) is 0 Å². The van der Waals surface area contributed by atoms with Crippen LogP contribution in [0.15, 0.2) is 109 Å². The fourth-order valence-corrected chi connectivity index (χ4v) is 7.22. The van der Waals surface area contributed by atoms with E-state index in [0.29, 0.717) is 12.8 Å². The molecule has 0 aromatic carbocycles. The van der Waals surface area contributed by atoms with Crippen molar-refractivity contribution in [2.75, 3.05) is 13.2 Å². The molecule has 1 heterocycles. The molecular formula is C56H91NO10. The van der Waals surface area contributed by atoms with Gasteiger partial charge in [0.2, 0.25) is 5.91 Å². The second-order valence-electron chi connectivity index (χ2n) is 17.3. The van der Waals surface area contributed by atoms with Crippen LogP contribution in [0.2, 0.25) is 0 Å². The fourth-order valence-electron chi connectivity index (χ4n) is 7.22. The van der Waals surface area contributed by atoms with E-state index in [0.717, 1.165) is 77.0 Å². The zero-order chi connectivity index (χ0) is 49.0. The zero-order valence-electron chi connectivity index (χ0n) is 41.5. The molecule has 0 radical (unpaired) electrons. The Morgan fingerprint density at radius 2 is 1.15 bits per heavy atom. The van der Waals surface area contributed by atoms with Gasteiger partial charge in [-0.1, -0.05) is 201 Å². The summed E-state index contributed by atoms with van der Waals surface area (Å²) in [4.78, 5) is 26.3. The molecule has 1 saturated heterocycles. The molecule has 1 rings (SSSR count). The minimum Gasteiger partial charge on any atom is -0.454 e. The van der Waals surface area contributed by atoms with E-state index < -0.39 is 67.4 Å². The molecule has 11 nitrogen and oxygen atoms in total. The number of allylic oxidation sites excluding steroid dienone is 17. The van der Waals surface area contributed by atoms with Crippen LogP contribution < -0.4 is 5.32 Å². The molecule has 0 spiro atoms. The van der Waals surface area contributed by atoms with Crippen LogP contribution in [-0.4, -0.2) is 99.6 Å². The summed E-state index contributed by atoms with van der Waals surface area (Å²) in [7, 11) is 0. The van der Waals surface area contributed by atoms with E-state index in [1.165, 1.54) is 44.9 Å². The second kappa shape index (κ2) is 43.6. The van der Waals surface area contributed by atoms with Gasteiger partial charge in [0.25, 0.3) is 0 Å². The van der Waals surface area contributed by atoms with Crippen molar-refractivity contribution in [3.05, 3.63) is 109 Å². The van der Waals surface area contributed by atoms with Crippen LogP contribution in [-0.2, 0) is 23.8 Å². The average molecular weight is 938 g/mol. The molecule has 8 unspecified atom stereocenters. The molecule has 11 heteroatoms. The number of carbonyl (C=O) groups is 2. The van der Waals surface area contributed by atoms with Crippen molar-refractivity contribution in [3.8, 4) is 0 Å². The Labute approximate surface area is 405 Å². The Balaban J connectivity index is 2.86. The Bertz CT molecular complexity index is 1500. The van der Waals surface area contributed by atoms with E-state index in [1.807, 2.05) is 60.8 Å². The molecule has 0 bridgehead atoms. The zero-order valence-corrected chi connectivity index (χ0v) is 41.5. The molecule has 6 N–H and O–H groups in total. The van der Waals surface area contributed by atoms with Gasteiger partial charge in [-0.25, -0.2) is 0 Å². The minimum atomic E-state index is -1.64. The first kappa shape index (κ1) is 61.3. The molecule has 1 aliphatic rings. The highest BCUT2D eigenvalue weighted by atomic mass is 16.7. The minimum absolute atomic E-state index is 0.0824. The third-order valence-corrected chi connectivity index (χ3v) is 11.3. The number of ether oxygens (including phenoxy) is 3. The number of unbranched alkanes of at least 4 members (excludes halogenated alkanes) is 14. The standard InChI is InChI=1S/C56H91NO10/c1-4-7-10-13-16-19-22-25-26-29-32-35-38-41-44-51(61)67-54-53(63)52(62)50(45-58)66-56(54)65-46-47(48(59)42-39-36-33-30-27-23-20-17-14-11-8-5-2)57-55(64)49(60)43-40-37-34-31-28-24-21-18-15-12-9-6-3/h7,9-10,12,15-16,18-19,21,24-26,28,31,34,37,39,42,47-50,52-54,56,58-60,62-63H,4-6,8,11,13-14,17,20,22-23,27,29-30,32-33,35-36,38,40-41,43-46H2,1-3H3,(H,57,64)/b10-7+,12-9+,18-15+,19-16+,24-21-,26-25+,31-28-,37-34+,42-39+. The van der Waals surface area contributed by atoms with Gasteiger partial charge < -0.3 is 45.1 Å². The quantitative estimate of drug-likeness (QED) is 0.0150. The highest BCUT2D eigenvalue weighted by Gasteiger charge is 2.47. The number of rotatable bonds is 40. The Morgan fingerprint density at radius 1 is 0.612 bits per heavy atom. The SMILES string of the molecule is CC/C=C/C=C/C=C\C=C/C=C/CCC(O)C(=O)NC(COC1OC(CO)C(O)C(O)C1OC(=O)CCCCCC/C=C/C/C=C/C/C=C/CC)C(O)/C=C/CCCCCCCCCCCC. The number of esters is 1. The normalized spacial score (nSPS) is 21.0. The van der Waals surface area contributed by atoms with Crippen LogP contribution >= 0.6 is 0 Å². The smallest absolute Gasteiger partial charge is 0.306 e. The van der Waals surface area contributed by atoms with Crippen molar-refractivity contribution in [3.63, 3.8) is 0 Å². The van der Waals surface area contributed by atoms with Gasteiger partial charge in [0.1, 0.15) is 24.4 Å². The number of aliphatic hydroxyl groups excluding tert-OH is 5. The molecule has 380 valence electrons. The molecule has 0 aromatic heterocycles. The highest BCUT2D eigenvalue weighted by molar-refractivity contribution is 5.80. The maximum atomic E-state index is 13.3. The third-order valence-electron chi connectivity index (χ3n) is 11.3. The summed E-state index contributed by atoms with van der Waals surface area (Å²) in [6, 6.07) is -1.07. The van der Waals surface area contributed by atoms with E-state index in [-0.39, 0.29) is 19.4 Å². The van der Waals surface area contributed by atoms with Gasteiger partial charge in [0, 0.05) is 6.42 Å². The second-order valence-corrected chi connectivity index (χ2v) is 17.3. The number of nitrogens with one attached hydrogen (secondary N) is 1. The van der Waals surface area contributed by atoms with Gasteiger partial charge >= 0.3 is 5.97 Å².